The minimum atomic E-state index is -0.536. The summed E-state index contributed by atoms with van der Waals surface area (Å²) < 4.78 is 20.4. The van der Waals surface area contributed by atoms with Gasteiger partial charge in [-0.3, -0.25) is 9.36 Å². The summed E-state index contributed by atoms with van der Waals surface area (Å²) in [6.07, 6.45) is 1.57. The van der Waals surface area contributed by atoms with Crippen LogP contribution in [-0.2, 0) is 7.05 Å². The maximum Gasteiger partial charge on any atom is 0.294 e. The molecule has 112 valence electrons. The maximum absolute atomic E-state index is 13.7. The molecule has 3 aromatic rings. The van der Waals surface area contributed by atoms with Gasteiger partial charge in [-0.2, -0.15) is 4.98 Å². The quantitative estimate of drug-likeness (QED) is 0.804. The molecule has 0 aliphatic rings. The van der Waals surface area contributed by atoms with Crippen molar-refractivity contribution in [1.82, 2.24) is 14.5 Å². The first-order valence-electron chi connectivity index (χ1n) is 6.57. The van der Waals surface area contributed by atoms with Crippen molar-refractivity contribution in [2.75, 3.05) is 12.4 Å². The van der Waals surface area contributed by atoms with Gasteiger partial charge in [-0.25, -0.2) is 9.37 Å². The highest BCUT2D eigenvalue weighted by molar-refractivity contribution is 5.76. The molecule has 0 aliphatic carbocycles. The van der Waals surface area contributed by atoms with Crippen molar-refractivity contribution < 1.29 is 9.13 Å². The number of aryl methyl sites for hydroxylation is 1. The number of anilines is 1. The van der Waals surface area contributed by atoms with E-state index in [4.69, 9.17) is 4.74 Å². The van der Waals surface area contributed by atoms with E-state index in [9.17, 15) is 9.18 Å². The summed E-state index contributed by atoms with van der Waals surface area (Å²) in [5, 5.41) is 3.43. The Labute approximate surface area is 125 Å². The smallest absolute Gasteiger partial charge is 0.294 e. The molecule has 7 heteroatoms. The van der Waals surface area contributed by atoms with E-state index in [2.05, 4.69) is 15.3 Å². The minimum absolute atomic E-state index is 0.00767. The first kappa shape index (κ1) is 14.0. The number of nitrogens with one attached hydrogen (secondary N) is 1. The van der Waals surface area contributed by atoms with Crippen molar-refractivity contribution in [3.63, 3.8) is 0 Å². The van der Waals surface area contributed by atoms with Crippen LogP contribution >= 0.6 is 0 Å². The second-order valence-electron chi connectivity index (χ2n) is 4.63. The van der Waals surface area contributed by atoms with E-state index >= 15 is 0 Å². The predicted octanol–water partition coefficient (Wildman–Crippen LogP) is 2.30. The summed E-state index contributed by atoms with van der Waals surface area (Å²) in [7, 11) is 3.26. The molecule has 0 atom stereocenters. The Kier molecular flexibility index (Phi) is 3.46. The molecule has 22 heavy (non-hydrogen) atoms. The second kappa shape index (κ2) is 5.44. The number of fused-ring (bicyclic) bond motifs is 1. The van der Waals surface area contributed by atoms with Crippen LogP contribution < -0.4 is 15.6 Å². The van der Waals surface area contributed by atoms with Crippen LogP contribution in [-0.4, -0.2) is 21.6 Å². The summed E-state index contributed by atoms with van der Waals surface area (Å²) in [4.78, 5) is 20.7. The van der Waals surface area contributed by atoms with Crippen LogP contribution in [0.2, 0.25) is 0 Å². The molecule has 2 heterocycles. The number of hydrogen-bond donors (Lipinski definition) is 1. The zero-order valence-electron chi connectivity index (χ0n) is 12.0. The largest absolute Gasteiger partial charge is 0.448 e. The molecule has 0 spiro atoms. The van der Waals surface area contributed by atoms with Crippen molar-refractivity contribution in [2.24, 2.45) is 7.05 Å². The second-order valence-corrected chi connectivity index (χ2v) is 4.63. The molecule has 0 fully saturated rings. The van der Waals surface area contributed by atoms with Crippen LogP contribution in [0.5, 0.6) is 11.5 Å². The molecule has 0 saturated heterocycles. The number of para-hydroxylation sites is 1. The highest BCUT2D eigenvalue weighted by atomic mass is 19.1. The zero-order valence-corrected chi connectivity index (χ0v) is 12.0. The normalized spacial score (nSPS) is 10.7. The number of rotatable bonds is 3. The van der Waals surface area contributed by atoms with Crippen molar-refractivity contribution in [3.05, 3.63) is 52.7 Å². The maximum atomic E-state index is 13.7. The molecule has 3 rings (SSSR count). The third kappa shape index (κ3) is 2.37. The standard InChI is InChI=1S/C15H13FN4O2/c1-17-15-18-8-9-7-12(14(21)20(2)13(9)19-15)22-11-6-4-3-5-10(11)16/h3-8H,1-2H3,(H,17,18,19). The minimum Gasteiger partial charge on any atom is -0.448 e. The van der Waals surface area contributed by atoms with Gasteiger partial charge in [0.05, 0.1) is 0 Å². The lowest BCUT2D eigenvalue weighted by atomic mass is 10.3. The third-order valence-corrected chi connectivity index (χ3v) is 3.20. The van der Waals surface area contributed by atoms with Crippen LogP contribution in [0.3, 0.4) is 0 Å². The van der Waals surface area contributed by atoms with Crippen molar-refractivity contribution >= 4 is 17.0 Å². The summed E-state index contributed by atoms with van der Waals surface area (Å²) in [5.74, 6) is -0.121. The van der Waals surface area contributed by atoms with E-state index in [1.165, 1.54) is 22.8 Å². The summed E-state index contributed by atoms with van der Waals surface area (Å²) in [5.41, 5.74) is 0.0572. The van der Waals surface area contributed by atoms with Gasteiger partial charge in [-0.05, 0) is 18.2 Å². The van der Waals surface area contributed by atoms with E-state index in [0.717, 1.165) is 0 Å². The molecular formula is C15H13FN4O2. The lowest BCUT2D eigenvalue weighted by Gasteiger charge is -2.10. The molecule has 1 aromatic carbocycles. The first-order valence-corrected chi connectivity index (χ1v) is 6.57. The van der Waals surface area contributed by atoms with Crippen molar-refractivity contribution in [2.45, 2.75) is 0 Å². The number of ether oxygens (including phenoxy) is 1. The van der Waals surface area contributed by atoms with Gasteiger partial charge in [0, 0.05) is 25.7 Å². The van der Waals surface area contributed by atoms with Crippen LogP contribution in [0.25, 0.3) is 11.0 Å². The molecule has 0 amide bonds. The number of nitrogens with zero attached hydrogens (tertiary/aromatic N) is 3. The fourth-order valence-corrected chi connectivity index (χ4v) is 2.06. The Morgan fingerprint density at radius 1 is 1.27 bits per heavy atom. The summed E-state index contributed by atoms with van der Waals surface area (Å²) >= 11 is 0. The average molecular weight is 300 g/mol. The SMILES string of the molecule is CNc1ncc2cc(Oc3ccccc3F)c(=O)n(C)c2n1. The third-order valence-electron chi connectivity index (χ3n) is 3.20. The Morgan fingerprint density at radius 3 is 2.77 bits per heavy atom. The number of halogens is 1. The molecule has 0 aliphatic heterocycles. The van der Waals surface area contributed by atoms with Crippen molar-refractivity contribution in [1.29, 1.82) is 0 Å². The van der Waals surface area contributed by atoms with Gasteiger partial charge in [0.15, 0.2) is 17.3 Å². The van der Waals surface area contributed by atoms with E-state index in [1.54, 1.807) is 32.4 Å². The Morgan fingerprint density at radius 2 is 2.05 bits per heavy atom. The summed E-state index contributed by atoms with van der Waals surface area (Å²) in [6.45, 7) is 0. The first-order chi connectivity index (χ1) is 10.6. The van der Waals surface area contributed by atoms with E-state index in [0.29, 0.717) is 17.0 Å². The molecular weight excluding hydrogens is 287 g/mol. The zero-order chi connectivity index (χ0) is 15.7. The van der Waals surface area contributed by atoms with E-state index in [1.807, 2.05) is 0 Å². The molecule has 0 radical (unpaired) electrons. The van der Waals surface area contributed by atoms with Gasteiger partial charge in [-0.1, -0.05) is 12.1 Å². The Balaban J connectivity index is 2.14. The van der Waals surface area contributed by atoms with E-state index < -0.39 is 11.4 Å². The molecule has 1 N–H and O–H groups in total. The molecule has 0 unspecified atom stereocenters. The topological polar surface area (TPSA) is 69.0 Å². The number of aromatic nitrogens is 3. The fourth-order valence-electron chi connectivity index (χ4n) is 2.06. The molecule has 0 bridgehead atoms. The molecule has 2 aromatic heterocycles. The average Bonchev–Trinajstić information content (AvgIpc) is 2.54. The predicted molar refractivity (Wildman–Crippen MR) is 80.8 cm³/mol. The number of benzene rings is 1. The van der Waals surface area contributed by atoms with Gasteiger partial charge < -0.3 is 10.1 Å². The van der Waals surface area contributed by atoms with Crippen LogP contribution in [0.1, 0.15) is 0 Å². The van der Waals surface area contributed by atoms with Gasteiger partial charge in [0.2, 0.25) is 5.95 Å². The monoisotopic (exact) mass is 300 g/mol. The van der Waals surface area contributed by atoms with Crippen LogP contribution in [0.4, 0.5) is 10.3 Å². The van der Waals surface area contributed by atoms with Crippen molar-refractivity contribution in [3.8, 4) is 11.5 Å². The summed E-state index contributed by atoms with van der Waals surface area (Å²) in [6, 6.07) is 7.41. The van der Waals surface area contributed by atoms with Gasteiger partial charge in [-0.15, -0.1) is 0 Å². The number of hydrogen-bond acceptors (Lipinski definition) is 5. The van der Waals surface area contributed by atoms with E-state index in [-0.39, 0.29) is 11.5 Å². The van der Waals surface area contributed by atoms with Crippen LogP contribution in [0.15, 0.2) is 41.3 Å². The molecule has 6 nitrogen and oxygen atoms in total. The van der Waals surface area contributed by atoms with Gasteiger partial charge >= 0.3 is 0 Å². The number of pyridine rings is 1. The van der Waals surface area contributed by atoms with Gasteiger partial charge in [0.25, 0.3) is 5.56 Å². The molecule has 0 saturated carbocycles. The highest BCUT2D eigenvalue weighted by Crippen LogP contribution is 2.23. The Bertz CT molecular complexity index is 908. The Hall–Kier alpha value is -2.96. The van der Waals surface area contributed by atoms with Crippen LogP contribution in [0, 0.1) is 5.82 Å². The lowest BCUT2D eigenvalue weighted by molar-refractivity contribution is 0.434. The van der Waals surface area contributed by atoms with Gasteiger partial charge in [0.1, 0.15) is 5.65 Å². The lowest BCUT2D eigenvalue weighted by Crippen LogP contribution is -2.19. The fraction of sp³-hybridized carbons (Fsp3) is 0.133. The highest BCUT2D eigenvalue weighted by Gasteiger charge is 2.12.